The van der Waals surface area contributed by atoms with Gasteiger partial charge in [-0.1, -0.05) is 6.07 Å². The van der Waals surface area contributed by atoms with Gasteiger partial charge in [-0.2, -0.15) is 0 Å². The van der Waals surface area contributed by atoms with E-state index in [1.165, 1.54) is 4.88 Å². The largest absolute Gasteiger partial charge is 0.395 e. The lowest BCUT2D eigenvalue weighted by molar-refractivity contribution is 0.242. The van der Waals surface area contributed by atoms with Gasteiger partial charge in [-0.15, -0.1) is 11.3 Å². The van der Waals surface area contributed by atoms with E-state index in [1.807, 2.05) is 6.92 Å². The van der Waals surface area contributed by atoms with Crippen LogP contribution in [0.25, 0.3) is 0 Å². The van der Waals surface area contributed by atoms with Crippen molar-refractivity contribution < 1.29 is 5.11 Å². The molecule has 1 heterocycles. The molecule has 0 amide bonds. The molecule has 2 N–H and O–H groups in total. The van der Waals surface area contributed by atoms with Gasteiger partial charge in [-0.05, 0) is 31.7 Å². The molecule has 1 rings (SSSR count). The van der Waals surface area contributed by atoms with Crippen molar-refractivity contribution in [3.8, 4) is 0 Å². The van der Waals surface area contributed by atoms with Crippen LogP contribution in [0.15, 0.2) is 17.5 Å². The number of nitrogens with one attached hydrogen (secondary N) is 1. The summed E-state index contributed by atoms with van der Waals surface area (Å²) in [6, 6.07) is 4.84. The molecule has 0 saturated carbocycles. The van der Waals surface area contributed by atoms with E-state index in [9.17, 15) is 0 Å². The Bertz CT molecular complexity index is 223. The van der Waals surface area contributed by atoms with E-state index in [2.05, 4.69) is 29.8 Å². The van der Waals surface area contributed by atoms with Gasteiger partial charge in [0, 0.05) is 17.0 Å². The molecule has 1 aromatic rings. The Kier molecular flexibility index (Phi) is 4.42. The average molecular weight is 199 g/mol. The normalized spacial score (nSPS) is 15.6. The number of rotatable bonds is 5. The molecule has 0 aliphatic heterocycles. The Morgan fingerprint density at radius 3 is 2.77 bits per heavy atom. The van der Waals surface area contributed by atoms with Crippen LogP contribution >= 0.6 is 11.3 Å². The molecule has 2 unspecified atom stereocenters. The Balaban J connectivity index is 2.29. The second-order valence-corrected chi connectivity index (χ2v) is 4.47. The molecule has 0 aliphatic carbocycles. The Hall–Kier alpha value is -0.380. The summed E-state index contributed by atoms with van der Waals surface area (Å²) in [6.45, 7) is 4.34. The fourth-order valence-corrected chi connectivity index (χ4v) is 2.16. The second-order valence-electron chi connectivity index (χ2n) is 3.43. The van der Waals surface area contributed by atoms with E-state index >= 15 is 0 Å². The summed E-state index contributed by atoms with van der Waals surface area (Å²) in [6.07, 6.45) is 1.04. The summed E-state index contributed by atoms with van der Waals surface area (Å²) >= 11 is 1.78. The molecule has 3 heteroatoms. The highest BCUT2D eigenvalue weighted by atomic mass is 32.1. The zero-order chi connectivity index (χ0) is 9.68. The number of aliphatic hydroxyl groups is 1. The van der Waals surface area contributed by atoms with Crippen LogP contribution in [0.5, 0.6) is 0 Å². The van der Waals surface area contributed by atoms with Crippen LogP contribution in [0.2, 0.25) is 0 Å². The van der Waals surface area contributed by atoms with Gasteiger partial charge in [0.15, 0.2) is 0 Å². The number of thiophene rings is 1. The first-order chi connectivity index (χ1) is 6.22. The molecule has 0 spiro atoms. The van der Waals surface area contributed by atoms with Crippen molar-refractivity contribution >= 4 is 11.3 Å². The Morgan fingerprint density at radius 1 is 1.46 bits per heavy atom. The molecular weight excluding hydrogens is 182 g/mol. The zero-order valence-electron chi connectivity index (χ0n) is 8.16. The lowest BCUT2D eigenvalue weighted by Crippen LogP contribution is -2.37. The highest BCUT2D eigenvalue weighted by Crippen LogP contribution is 2.10. The molecule has 1 aromatic heterocycles. The smallest absolute Gasteiger partial charge is 0.0582 e. The molecule has 2 atom stereocenters. The summed E-state index contributed by atoms with van der Waals surface area (Å²) < 4.78 is 0. The number of aliphatic hydroxyl groups excluding tert-OH is 1. The Morgan fingerprint density at radius 2 is 2.23 bits per heavy atom. The fourth-order valence-electron chi connectivity index (χ4n) is 1.33. The number of hydrogen-bond donors (Lipinski definition) is 2. The summed E-state index contributed by atoms with van der Waals surface area (Å²) in [7, 11) is 0. The molecule has 0 bridgehead atoms. The minimum Gasteiger partial charge on any atom is -0.395 e. The summed E-state index contributed by atoms with van der Waals surface area (Å²) in [5, 5.41) is 14.3. The van der Waals surface area contributed by atoms with Crippen molar-refractivity contribution in [2.45, 2.75) is 32.4 Å². The third-order valence-corrected chi connectivity index (χ3v) is 2.83. The van der Waals surface area contributed by atoms with Gasteiger partial charge >= 0.3 is 0 Å². The summed E-state index contributed by atoms with van der Waals surface area (Å²) in [4.78, 5) is 1.39. The molecule has 0 radical (unpaired) electrons. The molecule has 74 valence electrons. The maximum Gasteiger partial charge on any atom is 0.0582 e. The topological polar surface area (TPSA) is 32.3 Å². The predicted octanol–water partition coefficient (Wildman–Crippen LogP) is 1.65. The third kappa shape index (κ3) is 3.89. The molecule has 0 aliphatic rings. The van der Waals surface area contributed by atoms with Crippen molar-refractivity contribution in [2.24, 2.45) is 0 Å². The van der Waals surface area contributed by atoms with Gasteiger partial charge < -0.3 is 10.4 Å². The van der Waals surface area contributed by atoms with Crippen molar-refractivity contribution in [3.63, 3.8) is 0 Å². The van der Waals surface area contributed by atoms with Crippen LogP contribution in [0, 0.1) is 0 Å². The average Bonchev–Trinajstić information content (AvgIpc) is 2.56. The predicted molar refractivity (Wildman–Crippen MR) is 57.2 cm³/mol. The van der Waals surface area contributed by atoms with Crippen molar-refractivity contribution in [1.82, 2.24) is 5.32 Å². The standard InChI is InChI=1S/C10H17NOS/c1-8(11-9(2)7-12)6-10-4-3-5-13-10/h3-5,8-9,11-12H,6-7H2,1-2H3. The minimum absolute atomic E-state index is 0.190. The van der Waals surface area contributed by atoms with Gasteiger partial charge in [-0.25, -0.2) is 0 Å². The molecule has 2 nitrogen and oxygen atoms in total. The molecule has 0 aromatic carbocycles. The van der Waals surface area contributed by atoms with Crippen molar-refractivity contribution in [2.75, 3.05) is 6.61 Å². The summed E-state index contributed by atoms with van der Waals surface area (Å²) in [5.74, 6) is 0. The fraction of sp³-hybridized carbons (Fsp3) is 0.600. The summed E-state index contributed by atoms with van der Waals surface area (Å²) in [5.41, 5.74) is 0. The monoisotopic (exact) mass is 199 g/mol. The van der Waals surface area contributed by atoms with Gasteiger partial charge in [-0.3, -0.25) is 0 Å². The van der Waals surface area contributed by atoms with E-state index in [0.29, 0.717) is 6.04 Å². The first kappa shape index (κ1) is 10.7. The first-order valence-corrected chi connectivity index (χ1v) is 5.49. The lowest BCUT2D eigenvalue weighted by atomic mass is 10.2. The van der Waals surface area contributed by atoms with Crippen LogP contribution in [-0.4, -0.2) is 23.8 Å². The van der Waals surface area contributed by atoms with Crippen LogP contribution in [0.3, 0.4) is 0 Å². The molecule has 0 saturated heterocycles. The van der Waals surface area contributed by atoms with Crippen LogP contribution < -0.4 is 5.32 Å². The zero-order valence-corrected chi connectivity index (χ0v) is 8.97. The van der Waals surface area contributed by atoms with Gasteiger partial charge in [0.2, 0.25) is 0 Å². The lowest BCUT2D eigenvalue weighted by Gasteiger charge is -2.17. The van der Waals surface area contributed by atoms with E-state index in [-0.39, 0.29) is 12.6 Å². The second kappa shape index (κ2) is 5.37. The molecule has 0 fully saturated rings. The highest BCUT2D eigenvalue weighted by Gasteiger charge is 2.07. The van der Waals surface area contributed by atoms with E-state index < -0.39 is 0 Å². The van der Waals surface area contributed by atoms with E-state index in [4.69, 9.17) is 5.11 Å². The van der Waals surface area contributed by atoms with Gasteiger partial charge in [0.25, 0.3) is 0 Å². The minimum atomic E-state index is 0.190. The van der Waals surface area contributed by atoms with Gasteiger partial charge in [0.05, 0.1) is 6.61 Å². The quantitative estimate of drug-likeness (QED) is 0.756. The van der Waals surface area contributed by atoms with E-state index in [0.717, 1.165) is 6.42 Å². The maximum atomic E-state index is 8.85. The van der Waals surface area contributed by atoms with Crippen LogP contribution in [0.1, 0.15) is 18.7 Å². The first-order valence-electron chi connectivity index (χ1n) is 4.61. The molecule has 13 heavy (non-hydrogen) atoms. The number of hydrogen-bond acceptors (Lipinski definition) is 3. The van der Waals surface area contributed by atoms with Crippen LogP contribution in [0.4, 0.5) is 0 Å². The van der Waals surface area contributed by atoms with Crippen molar-refractivity contribution in [3.05, 3.63) is 22.4 Å². The highest BCUT2D eigenvalue weighted by molar-refractivity contribution is 7.09. The SMILES string of the molecule is CC(CO)NC(C)Cc1cccs1. The van der Waals surface area contributed by atoms with Crippen LogP contribution in [-0.2, 0) is 6.42 Å². The molecular formula is C10H17NOS. The Labute approximate surface area is 83.6 Å². The van der Waals surface area contributed by atoms with Crippen molar-refractivity contribution in [1.29, 1.82) is 0 Å². The van der Waals surface area contributed by atoms with Gasteiger partial charge in [0.1, 0.15) is 0 Å². The van der Waals surface area contributed by atoms with E-state index in [1.54, 1.807) is 11.3 Å². The third-order valence-electron chi connectivity index (χ3n) is 1.93. The maximum absolute atomic E-state index is 8.85.